The number of nitrogens with zero attached hydrogens (tertiary/aromatic N) is 3. The van der Waals surface area contributed by atoms with Crippen LogP contribution in [0.15, 0.2) is 71.6 Å². The molecule has 0 saturated carbocycles. The number of hydrogen-bond donors (Lipinski definition) is 2. The number of aromatic nitrogens is 2. The summed E-state index contributed by atoms with van der Waals surface area (Å²) >= 11 is 6.28. The van der Waals surface area contributed by atoms with E-state index >= 15 is 0 Å². The summed E-state index contributed by atoms with van der Waals surface area (Å²) in [5.74, 6) is 1.86. The molecular weight excluding hydrogens is 626 g/mol. The number of pyridine rings is 2. The van der Waals surface area contributed by atoms with Crippen molar-refractivity contribution in [1.82, 2.24) is 14.3 Å². The van der Waals surface area contributed by atoms with Gasteiger partial charge in [-0.3, -0.25) is 4.98 Å². The molecule has 0 unspecified atom stereocenters. The third-order valence-electron chi connectivity index (χ3n) is 7.61. The number of aryl methyl sites for hydroxylation is 2. The maximum Gasteiger partial charge on any atom is 0.243 e. The van der Waals surface area contributed by atoms with Gasteiger partial charge in [-0.05, 0) is 80.9 Å². The van der Waals surface area contributed by atoms with Crippen LogP contribution in [0.3, 0.4) is 0 Å². The first kappa shape index (κ1) is 33.1. The minimum Gasteiger partial charge on any atom is -0.497 e. The molecule has 0 spiro atoms. The van der Waals surface area contributed by atoms with Crippen LogP contribution in [0.5, 0.6) is 17.2 Å². The Morgan fingerprint density at radius 1 is 0.739 bits per heavy atom. The Hall–Kier alpha value is -4.32. The summed E-state index contributed by atoms with van der Waals surface area (Å²) in [7, 11) is 0.948. The lowest BCUT2D eigenvalue weighted by atomic mass is 10.1. The van der Waals surface area contributed by atoms with Crippen molar-refractivity contribution in [3.05, 3.63) is 83.1 Å². The molecule has 3 aromatic carbocycles. The van der Waals surface area contributed by atoms with E-state index in [9.17, 15) is 8.42 Å². The van der Waals surface area contributed by atoms with Crippen molar-refractivity contribution >= 4 is 54.8 Å². The molecule has 0 fully saturated rings. The van der Waals surface area contributed by atoms with E-state index in [0.29, 0.717) is 48.3 Å². The van der Waals surface area contributed by atoms with E-state index in [-0.39, 0.29) is 11.4 Å². The van der Waals surface area contributed by atoms with Gasteiger partial charge in [-0.15, -0.1) is 0 Å². The van der Waals surface area contributed by atoms with Gasteiger partial charge in [-0.2, -0.15) is 4.31 Å². The number of nitrogens with one attached hydrogen (secondary N) is 2. The molecule has 46 heavy (non-hydrogen) atoms. The molecule has 0 aliphatic carbocycles. The SMILES string of the molecule is COc1ccc(S(=O)(=O)N(CCCNc2cc(C)nc3c(OC)cc(OC)cc23)CCNc2cc(C)nc3ccc(Cl)cc23)cc1. The molecule has 2 aromatic heterocycles. The van der Waals surface area contributed by atoms with Crippen LogP contribution in [-0.2, 0) is 10.0 Å². The van der Waals surface area contributed by atoms with E-state index < -0.39 is 10.0 Å². The van der Waals surface area contributed by atoms with Crippen molar-refractivity contribution in [3.8, 4) is 17.2 Å². The zero-order valence-corrected chi connectivity index (χ0v) is 28.1. The molecule has 5 rings (SSSR count). The van der Waals surface area contributed by atoms with E-state index in [1.807, 2.05) is 44.2 Å². The Morgan fingerprint density at radius 2 is 1.41 bits per heavy atom. The third kappa shape index (κ3) is 7.38. The Labute approximate surface area is 274 Å². The Bertz CT molecular complexity index is 1950. The molecule has 0 saturated heterocycles. The molecule has 10 nitrogen and oxygen atoms in total. The lowest BCUT2D eigenvalue weighted by Gasteiger charge is -2.23. The van der Waals surface area contributed by atoms with Crippen molar-refractivity contribution in [2.45, 2.75) is 25.2 Å². The molecule has 0 amide bonds. The number of fused-ring (bicyclic) bond motifs is 2. The van der Waals surface area contributed by atoms with Gasteiger partial charge >= 0.3 is 0 Å². The average molecular weight is 664 g/mol. The quantitative estimate of drug-likeness (QED) is 0.126. The maximum absolute atomic E-state index is 13.9. The van der Waals surface area contributed by atoms with Crippen molar-refractivity contribution in [2.24, 2.45) is 0 Å². The fourth-order valence-corrected chi connectivity index (χ4v) is 6.99. The summed E-state index contributed by atoms with van der Waals surface area (Å²) in [6.45, 7) is 5.27. The van der Waals surface area contributed by atoms with Crippen LogP contribution in [0.4, 0.5) is 11.4 Å². The standard InChI is InChI=1S/C34H38ClN5O5S/c1-22-17-31(28-19-24(35)7-12-30(28)38-22)37-14-16-40(46(41,42)27-10-8-25(43-3)9-11-27)15-6-13-36-32-18-23(2)39-34-29(32)20-26(44-4)21-33(34)45-5/h7-12,17-21H,6,13-16H2,1-5H3,(H,36,39)(H,37,38). The second kappa shape index (κ2) is 14.4. The number of methoxy groups -OCH3 is 3. The van der Waals surface area contributed by atoms with Crippen molar-refractivity contribution in [3.63, 3.8) is 0 Å². The number of ether oxygens (including phenoxy) is 3. The summed E-state index contributed by atoms with van der Waals surface area (Å²) in [6, 6.07) is 19.6. The van der Waals surface area contributed by atoms with Crippen molar-refractivity contribution in [2.75, 3.05) is 58.1 Å². The van der Waals surface area contributed by atoms with Gasteiger partial charge in [0.2, 0.25) is 10.0 Å². The third-order valence-corrected chi connectivity index (χ3v) is 9.76. The Balaban J connectivity index is 1.34. The predicted octanol–water partition coefficient (Wildman–Crippen LogP) is 6.68. The highest BCUT2D eigenvalue weighted by molar-refractivity contribution is 7.89. The molecule has 12 heteroatoms. The second-order valence-corrected chi connectivity index (χ2v) is 13.2. The zero-order chi connectivity index (χ0) is 32.8. The average Bonchev–Trinajstić information content (AvgIpc) is 3.05. The summed E-state index contributed by atoms with van der Waals surface area (Å²) < 4.78 is 45.6. The molecule has 0 aliphatic heterocycles. The molecule has 2 heterocycles. The molecule has 0 aliphatic rings. The fraction of sp³-hybridized carbons (Fsp3) is 0.294. The molecule has 0 atom stereocenters. The molecular formula is C34H38ClN5O5S. The Kier molecular flexibility index (Phi) is 10.4. The lowest BCUT2D eigenvalue weighted by Crippen LogP contribution is -2.36. The summed E-state index contributed by atoms with van der Waals surface area (Å²) in [5, 5.41) is 9.24. The predicted molar refractivity (Wildman–Crippen MR) is 184 cm³/mol. The van der Waals surface area contributed by atoms with Crippen LogP contribution in [0.1, 0.15) is 17.8 Å². The monoisotopic (exact) mass is 663 g/mol. The van der Waals surface area contributed by atoms with E-state index in [4.69, 9.17) is 25.8 Å². The molecule has 242 valence electrons. The summed E-state index contributed by atoms with van der Waals surface area (Å²) in [6.07, 6.45) is 0.548. The van der Waals surface area contributed by atoms with Crippen LogP contribution >= 0.6 is 11.6 Å². The van der Waals surface area contributed by atoms with Crippen LogP contribution < -0.4 is 24.8 Å². The first-order chi connectivity index (χ1) is 22.1. The molecule has 0 bridgehead atoms. The number of rotatable bonds is 14. The topological polar surface area (TPSA) is 115 Å². The summed E-state index contributed by atoms with van der Waals surface area (Å²) in [4.78, 5) is 9.46. The lowest BCUT2D eigenvalue weighted by molar-refractivity contribution is 0.397. The van der Waals surface area contributed by atoms with Gasteiger partial charge in [0.05, 0.1) is 31.7 Å². The summed E-state index contributed by atoms with van der Waals surface area (Å²) in [5.41, 5.74) is 4.92. The highest BCUT2D eigenvalue weighted by Crippen LogP contribution is 2.34. The van der Waals surface area contributed by atoms with Gasteiger partial charge in [-0.1, -0.05) is 11.6 Å². The van der Waals surface area contributed by atoms with Gasteiger partial charge in [-0.25, -0.2) is 13.4 Å². The van der Waals surface area contributed by atoms with Crippen LogP contribution in [0.2, 0.25) is 5.02 Å². The number of sulfonamides is 1. The highest BCUT2D eigenvalue weighted by atomic mass is 35.5. The van der Waals surface area contributed by atoms with Crippen LogP contribution in [0, 0.1) is 13.8 Å². The Morgan fingerprint density at radius 3 is 2.11 bits per heavy atom. The molecule has 2 N–H and O–H groups in total. The molecule has 5 aromatic rings. The molecule has 0 radical (unpaired) electrons. The van der Waals surface area contributed by atoms with Crippen molar-refractivity contribution < 1.29 is 22.6 Å². The largest absolute Gasteiger partial charge is 0.497 e. The maximum atomic E-state index is 13.9. The van der Waals surface area contributed by atoms with Gasteiger partial charge in [0, 0.05) is 70.8 Å². The van der Waals surface area contributed by atoms with Gasteiger partial charge in [0.15, 0.2) is 0 Å². The van der Waals surface area contributed by atoms with E-state index in [2.05, 4.69) is 20.6 Å². The van der Waals surface area contributed by atoms with E-state index in [1.54, 1.807) is 57.7 Å². The smallest absolute Gasteiger partial charge is 0.243 e. The number of anilines is 2. The van der Waals surface area contributed by atoms with Gasteiger partial charge in [0.25, 0.3) is 0 Å². The van der Waals surface area contributed by atoms with Crippen LogP contribution in [0.25, 0.3) is 21.8 Å². The first-order valence-corrected chi connectivity index (χ1v) is 16.7. The number of halogens is 1. The van der Waals surface area contributed by atoms with Crippen molar-refractivity contribution in [1.29, 1.82) is 0 Å². The van der Waals surface area contributed by atoms with Crippen LogP contribution in [-0.4, -0.2) is 70.2 Å². The highest BCUT2D eigenvalue weighted by Gasteiger charge is 2.24. The minimum atomic E-state index is -3.81. The zero-order valence-electron chi connectivity index (χ0n) is 26.6. The van der Waals surface area contributed by atoms with E-state index in [1.165, 1.54) is 4.31 Å². The fourth-order valence-electron chi connectivity index (χ4n) is 5.34. The minimum absolute atomic E-state index is 0.202. The number of hydrogen-bond acceptors (Lipinski definition) is 9. The van der Waals surface area contributed by atoms with Gasteiger partial charge in [0.1, 0.15) is 22.8 Å². The van der Waals surface area contributed by atoms with Gasteiger partial charge < -0.3 is 24.8 Å². The number of benzene rings is 3. The normalized spacial score (nSPS) is 11.6. The first-order valence-electron chi connectivity index (χ1n) is 14.8. The second-order valence-electron chi connectivity index (χ2n) is 10.8. The van der Waals surface area contributed by atoms with E-state index in [0.717, 1.165) is 44.6 Å².